The number of likely N-dealkylation sites (tertiary alicyclic amines) is 1. The Labute approximate surface area is 175 Å². The van der Waals surface area contributed by atoms with Gasteiger partial charge in [-0.15, -0.1) is 11.8 Å². The molecule has 0 atom stereocenters. The molecule has 2 amide bonds. The maximum Gasteiger partial charge on any atom is 0.254 e. The second kappa shape index (κ2) is 8.70. The van der Waals surface area contributed by atoms with Gasteiger partial charge in [-0.1, -0.05) is 36.4 Å². The first-order valence-electron chi connectivity index (χ1n) is 9.92. The van der Waals surface area contributed by atoms with Gasteiger partial charge in [-0.05, 0) is 60.4 Å². The number of carbonyl (C=O) groups is 2. The van der Waals surface area contributed by atoms with Gasteiger partial charge in [0.25, 0.3) is 5.91 Å². The molecule has 148 valence electrons. The molecule has 0 bridgehead atoms. The molecule has 1 aliphatic rings. The van der Waals surface area contributed by atoms with Crippen LogP contribution < -0.4 is 5.32 Å². The van der Waals surface area contributed by atoms with Crippen molar-refractivity contribution < 1.29 is 9.59 Å². The van der Waals surface area contributed by atoms with Crippen LogP contribution in [0.4, 0.5) is 5.69 Å². The average Bonchev–Trinajstić information content (AvgIpc) is 3.28. The van der Waals surface area contributed by atoms with Crippen molar-refractivity contribution in [2.75, 3.05) is 24.2 Å². The predicted octanol–water partition coefficient (Wildman–Crippen LogP) is 5.12. The molecule has 4 nitrogen and oxygen atoms in total. The molecule has 3 aromatic carbocycles. The molecular weight excluding hydrogens is 380 g/mol. The largest absolute Gasteiger partial charge is 0.339 e. The minimum Gasteiger partial charge on any atom is -0.339 e. The fraction of sp³-hybridized carbons (Fsp3) is 0.250. The van der Waals surface area contributed by atoms with E-state index in [1.807, 2.05) is 48.2 Å². The summed E-state index contributed by atoms with van der Waals surface area (Å²) in [6, 6.07) is 20.0. The monoisotopic (exact) mass is 404 g/mol. The van der Waals surface area contributed by atoms with E-state index in [-0.39, 0.29) is 11.8 Å². The van der Waals surface area contributed by atoms with Gasteiger partial charge in [0.1, 0.15) is 0 Å². The van der Waals surface area contributed by atoms with E-state index in [2.05, 4.69) is 29.6 Å². The summed E-state index contributed by atoms with van der Waals surface area (Å²) >= 11 is 1.51. The zero-order valence-electron chi connectivity index (χ0n) is 16.5. The van der Waals surface area contributed by atoms with E-state index in [0.29, 0.717) is 17.0 Å². The molecular formula is C24H24N2O2S. The molecule has 0 aliphatic carbocycles. The van der Waals surface area contributed by atoms with E-state index in [0.717, 1.165) is 36.4 Å². The standard InChI is InChI=1S/C24H24N2O2S/c1-17-21(24(28)26-13-4-5-14-26)9-6-10-22(17)25-23(27)16-29-20-12-11-18-7-2-3-8-19(18)15-20/h2-3,6-12,15H,4-5,13-14,16H2,1H3,(H,25,27). The van der Waals surface area contributed by atoms with E-state index < -0.39 is 0 Å². The lowest BCUT2D eigenvalue weighted by Crippen LogP contribution is -2.28. The maximum atomic E-state index is 12.7. The molecule has 1 fully saturated rings. The summed E-state index contributed by atoms with van der Waals surface area (Å²) < 4.78 is 0. The van der Waals surface area contributed by atoms with Gasteiger partial charge < -0.3 is 10.2 Å². The first-order valence-corrected chi connectivity index (χ1v) is 10.9. The van der Waals surface area contributed by atoms with Crippen LogP contribution in [0.3, 0.4) is 0 Å². The molecule has 29 heavy (non-hydrogen) atoms. The van der Waals surface area contributed by atoms with Crippen LogP contribution >= 0.6 is 11.8 Å². The summed E-state index contributed by atoms with van der Waals surface area (Å²) in [4.78, 5) is 28.2. The van der Waals surface area contributed by atoms with Gasteiger partial charge in [-0.25, -0.2) is 0 Å². The Morgan fingerprint density at radius 1 is 0.966 bits per heavy atom. The van der Waals surface area contributed by atoms with Gasteiger partial charge in [0.15, 0.2) is 0 Å². The van der Waals surface area contributed by atoms with Gasteiger partial charge in [-0.3, -0.25) is 9.59 Å². The molecule has 0 spiro atoms. The van der Waals surface area contributed by atoms with Crippen LogP contribution in [0.2, 0.25) is 0 Å². The first kappa shape index (κ1) is 19.5. The number of nitrogens with one attached hydrogen (secondary N) is 1. The number of benzene rings is 3. The first-order chi connectivity index (χ1) is 14.1. The number of fused-ring (bicyclic) bond motifs is 1. The minimum atomic E-state index is -0.0722. The van der Waals surface area contributed by atoms with Crippen LogP contribution in [-0.4, -0.2) is 35.6 Å². The average molecular weight is 405 g/mol. The zero-order valence-corrected chi connectivity index (χ0v) is 17.3. The normalized spacial score (nSPS) is 13.6. The number of hydrogen-bond acceptors (Lipinski definition) is 3. The number of rotatable bonds is 5. The van der Waals surface area contributed by atoms with Crippen molar-refractivity contribution in [3.05, 3.63) is 71.8 Å². The Kier molecular flexibility index (Phi) is 5.86. The molecule has 0 saturated carbocycles. The SMILES string of the molecule is Cc1c(NC(=O)CSc2ccc3ccccc3c2)cccc1C(=O)N1CCCC1. The molecule has 1 saturated heterocycles. The van der Waals surface area contributed by atoms with Crippen molar-refractivity contribution in [3.63, 3.8) is 0 Å². The highest BCUT2D eigenvalue weighted by molar-refractivity contribution is 8.00. The van der Waals surface area contributed by atoms with Crippen LogP contribution in [-0.2, 0) is 4.79 Å². The Bertz CT molecular complexity index is 1060. The van der Waals surface area contributed by atoms with Crippen LogP contribution in [0.1, 0.15) is 28.8 Å². The Hall–Kier alpha value is -2.79. The fourth-order valence-corrected chi connectivity index (χ4v) is 4.43. The van der Waals surface area contributed by atoms with Crippen LogP contribution in [0, 0.1) is 6.92 Å². The number of nitrogens with zero attached hydrogens (tertiary/aromatic N) is 1. The summed E-state index contributed by atoms with van der Waals surface area (Å²) in [6.45, 7) is 3.53. The molecule has 0 aromatic heterocycles. The highest BCUT2D eigenvalue weighted by atomic mass is 32.2. The quantitative estimate of drug-likeness (QED) is 0.601. The zero-order chi connectivity index (χ0) is 20.2. The topological polar surface area (TPSA) is 49.4 Å². The van der Waals surface area contributed by atoms with Crippen molar-refractivity contribution in [3.8, 4) is 0 Å². The third-order valence-corrected chi connectivity index (χ3v) is 6.32. The number of anilines is 1. The molecule has 4 rings (SSSR count). The lowest BCUT2D eigenvalue weighted by atomic mass is 10.1. The van der Waals surface area contributed by atoms with Gasteiger partial charge in [0, 0.05) is 29.2 Å². The lowest BCUT2D eigenvalue weighted by molar-refractivity contribution is -0.113. The molecule has 5 heteroatoms. The molecule has 1 aliphatic heterocycles. The predicted molar refractivity (Wildman–Crippen MR) is 120 cm³/mol. The molecule has 1 N–H and O–H groups in total. The van der Waals surface area contributed by atoms with Crippen molar-refractivity contribution in [1.82, 2.24) is 4.90 Å². The van der Waals surface area contributed by atoms with E-state index in [1.54, 1.807) is 0 Å². The summed E-state index contributed by atoms with van der Waals surface area (Å²) in [5, 5.41) is 5.33. The Morgan fingerprint density at radius 3 is 2.52 bits per heavy atom. The Balaban J connectivity index is 1.41. The highest BCUT2D eigenvalue weighted by Gasteiger charge is 2.22. The minimum absolute atomic E-state index is 0.0571. The maximum absolute atomic E-state index is 12.7. The highest BCUT2D eigenvalue weighted by Crippen LogP contribution is 2.25. The van der Waals surface area contributed by atoms with Crippen molar-refractivity contribution in [1.29, 1.82) is 0 Å². The van der Waals surface area contributed by atoms with E-state index >= 15 is 0 Å². The third-order valence-electron chi connectivity index (χ3n) is 5.32. The van der Waals surface area contributed by atoms with E-state index in [9.17, 15) is 9.59 Å². The number of thioether (sulfide) groups is 1. The molecule has 0 unspecified atom stereocenters. The summed E-state index contributed by atoms with van der Waals surface area (Å²) in [5.74, 6) is 0.306. The summed E-state index contributed by atoms with van der Waals surface area (Å²) in [7, 11) is 0. The van der Waals surface area contributed by atoms with Crippen molar-refractivity contribution in [2.24, 2.45) is 0 Å². The van der Waals surface area contributed by atoms with Crippen LogP contribution in [0.5, 0.6) is 0 Å². The van der Waals surface area contributed by atoms with Gasteiger partial charge in [-0.2, -0.15) is 0 Å². The molecule has 1 heterocycles. The van der Waals surface area contributed by atoms with Crippen LogP contribution in [0.25, 0.3) is 10.8 Å². The molecule has 0 radical (unpaired) electrons. The number of amides is 2. The Morgan fingerprint density at radius 2 is 1.72 bits per heavy atom. The smallest absolute Gasteiger partial charge is 0.254 e. The number of hydrogen-bond donors (Lipinski definition) is 1. The van der Waals surface area contributed by atoms with Gasteiger partial charge in [0.05, 0.1) is 5.75 Å². The lowest BCUT2D eigenvalue weighted by Gasteiger charge is -2.18. The third kappa shape index (κ3) is 4.46. The van der Waals surface area contributed by atoms with Gasteiger partial charge in [0.2, 0.25) is 5.91 Å². The van der Waals surface area contributed by atoms with Crippen molar-refractivity contribution in [2.45, 2.75) is 24.7 Å². The summed E-state index contributed by atoms with van der Waals surface area (Å²) in [6.07, 6.45) is 2.13. The fourth-order valence-electron chi connectivity index (χ4n) is 3.69. The number of carbonyl (C=O) groups excluding carboxylic acids is 2. The van der Waals surface area contributed by atoms with Crippen LogP contribution in [0.15, 0.2) is 65.6 Å². The van der Waals surface area contributed by atoms with E-state index in [1.165, 1.54) is 22.5 Å². The van der Waals surface area contributed by atoms with E-state index in [4.69, 9.17) is 0 Å². The molecule has 3 aromatic rings. The second-order valence-electron chi connectivity index (χ2n) is 7.32. The van der Waals surface area contributed by atoms with Crippen molar-refractivity contribution >= 4 is 40.0 Å². The van der Waals surface area contributed by atoms with Gasteiger partial charge >= 0.3 is 0 Å². The second-order valence-corrected chi connectivity index (χ2v) is 8.37. The summed E-state index contributed by atoms with van der Waals surface area (Å²) in [5.41, 5.74) is 2.21.